The normalized spacial score (nSPS) is 11.7. The lowest BCUT2D eigenvalue weighted by Crippen LogP contribution is -1.95. The van der Waals surface area contributed by atoms with Crippen molar-refractivity contribution < 1.29 is 0 Å². The molecule has 54 heavy (non-hydrogen) atoms. The highest BCUT2D eigenvalue weighted by Gasteiger charge is 2.17. The Balaban J connectivity index is 1.09. The summed E-state index contributed by atoms with van der Waals surface area (Å²) in [5.41, 5.74) is 13.3. The van der Waals surface area contributed by atoms with Crippen LogP contribution in [0.1, 0.15) is 0 Å². The third-order valence-electron chi connectivity index (χ3n) is 10.5. The van der Waals surface area contributed by atoms with Crippen LogP contribution in [0.15, 0.2) is 176 Å². The van der Waals surface area contributed by atoms with E-state index in [1.165, 1.54) is 5.56 Å². The van der Waals surface area contributed by atoms with Crippen LogP contribution in [0.5, 0.6) is 0 Å². The predicted molar refractivity (Wildman–Crippen MR) is 222 cm³/mol. The number of benzene rings is 6. The van der Waals surface area contributed by atoms with Gasteiger partial charge in [-0.2, -0.15) is 0 Å². The molecule has 0 spiro atoms. The molecule has 0 bridgehead atoms. The minimum Gasteiger partial charge on any atom is -0.256 e. The lowest BCUT2D eigenvalue weighted by atomic mass is 9.95. The van der Waals surface area contributed by atoms with Gasteiger partial charge in [0, 0.05) is 60.8 Å². The number of para-hydroxylation sites is 1. The summed E-state index contributed by atoms with van der Waals surface area (Å²) in [7, 11) is 0. The first-order chi connectivity index (χ1) is 26.8. The van der Waals surface area contributed by atoms with Crippen molar-refractivity contribution in [1.29, 1.82) is 0 Å². The van der Waals surface area contributed by atoms with E-state index in [9.17, 15) is 0 Å². The van der Waals surface area contributed by atoms with E-state index in [2.05, 4.69) is 140 Å². The van der Waals surface area contributed by atoms with Crippen molar-refractivity contribution >= 4 is 65.4 Å². The number of hydrogen-bond acceptors (Lipinski definition) is 5. The van der Waals surface area contributed by atoms with E-state index >= 15 is 0 Å². The molecule has 11 aromatic rings. The molecular weight excluding hydrogens is 659 g/mol. The molecule has 0 fully saturated rings. The van der Waals surface area contributed by atoms with Crippen molar-refractivity contribution in [2.75, 3.05) is 0 Å². The summed E-state index contributed by atoms with van der Waals surface area (Å²) in [4.78, 5) is 25.9. The van der Waals surface area contributed by atoms with Crippen molar-refractivity contribution in [3.63, 3.8) is 0 Å². The number of fused-ring (bicyclic) bond motifs is 8. The molecule has 5 nitrogen and oxygen atoms in total. The van der Waals surface area contributed by atoms with Crippen LogP contribution in [0.2, 0.25) is 0 Å². The zero-order valence-electron chi connectivity index (χ0n) is 29.0. The maximum Gasteiger partial charge on any atom is 0.0978 e. The number of pyridine rings is 5. The summed E-state index contributed by atoms with van der Waals surface area (Å²) < 4.78 is 0. The lowest BCUT2D eigenvalue weighted by Gasteiger charge is -2.14. The van der Waals surface area contributed by atoms with Gasteiger partial charge in [-0.15, -0.1) is 0 Å². The Labute approximate surface area is 310 Å². The van der Waals surface area contributed by atoms with E-state index in [0.717, 1.165) is 105 Å². The van der Waals surface area contributed by atoms with Crippen molar-refractivity contribution in [2.24, 2.45) is 0 Å². The fraction of sp³-hybridized carbons (Fsp3) is 0. The van der Waals surface area contributed by atoms with E-state index in [1.807, 2.05) is 36.5 Å². The number of rotatable bonds is 4. The molecule has 5 heterocycles. The van der Waals surface area contributed by atoms with Gasteiger partial charge in [0.15, 0.2) is 0 Å². The average Bonchev–Trinajstić information content (AvgIpc) is 3.25. The second-order valence-electron chi connectivity index (χ2n) is 13.6. The van der Waals surface area contributed by atoms with Crippen LogP contribution in [0.4, 0.5) is 0 Å². The number of hydrogen-bond donors (Lipinski definition) is 0. The highest BCUT2D eigenvalue weighted by molar-refractivity contribution is 6.16. The van der Waals surface area contributed by atoms with Crippen LogP contribution in [-0.2, 0) is 0 Å². The van der Waals surface area contributed by atoms with Gasteiger partial charge in [-0.3, -0.25) is 4.98 Å². The molecule has 0 atom stereocenters. The molecule has 5 aromatic heterocycles. The van der Waals surface area contributed by atoms with E-state index in [0.29, 0.717) is 0 Å². The average molecular weight is 688 g/mol. The predicted octanol–water partition coefficient (Wildman–Crippen LogP) is 12.2. The van der Waals surface area contributed by atoms with Gasteiger partial charge in [0.2, 0.25) is 0 Å². The van der Waals surface area contributed by atoms with Gasteiger partial charge in [-0.1, -0.05) is 133 Å². The topological polar surface area (TPSA) is 64.5 Å². The minimum absolute atomic E-state index is 0.844. The van der Waals surface area contributed by atoms with Crippen LogP contribution in [0, 0.1) is 0 Å². The fourth-order valence-electron chi connectivity index (χ4n) is 7.89. The van der Waals surface area contributed by atoms with E-state index in [-0.39, 0.29) is 0 Å². The number of nitrogens with zero attached hydrogens (tertiary/aromatic N) is 5. The molecule has 0 unspecified atom stereocenters. The Bertz CT molecular complexity index is 3270. The maximum atomic E-state index is 5.35. The molecule has 0 aliphatic heterocycles. The van der Waals surface area contributed by atoms with E-state index in [1.54, 1.807) is 0 Å². The Kier molecular flexibility index (Phi) is 6.79. The molecule has 0 saturated carbocycles. The molecule has 0 saturated heterocycles. The van der Waals surface area contributed by atoms with Crippen molar-refractivity contribution in [1.82, 2.24) is 24.9 Å². The van der Waals surface area contributed by atoms with Crippen LogP contribution in [-0.4, -0.2) is 24.9 Å². The van der Waals surface area contributed by atoms with Crippen LogP contribution >= 0.6 is 0 Å². The third kappa shape index (κ3) is 4.83. The number of aromatic nitrogens is 5. The Hall–Kier alpha value is -7.37. The molecule has 250 valence electrons. The molecule has 5 heteroatoms. The Morgan fingerprint density at radius 2 is 0.833 bits per heavy atom. The van der Waals surface area contributed by atoms with Gasteiger partial charge in [0.25, 0.3) is 0 Å². The van der Waals surface area contributed by atoms with Gasteiger partial charge in [-0.05, 0) is 42.0 Å². The van der Waals surface area contributed by atoms with Gasteiger partial charge < -0.3 is 0 Å². The highest BCUT2D eigenvalue weighted by Crippen LogP contribution is 2.39. The van der Waals surface area contributed by atoms with Crippen LogP contribution in [0.25, 0.3) is 110 Å². The van der Waals surface area contributed by atoms with E-state index in [4.69, 9.17) is 24.9 Å². The highest BCUT2D eigenvalue weighted by atomic mass is 14.8. The summed E-state index contributed by atoms with van der Waals surface area (Å²) in [5, 5.41) is 6.36. The smallest absolute Gasteiger partial charge is 0.0978 e. The Morgan fingerprint density at radius 1 is 0.296 bits per heavy atom. The van der Waals surface area contributed by atoms with Gasteiger partial charge in [0.05, 0.1) is 50.2 Å². The third-order valence-corrected chi connectivity index (χ3v) is 10.5. The van der Waals surface area contributed by atoms with Crippen molar-refractivity contribution in [2.45, 2.75) is 0 Å². The largest absolute Gasteiger partial charge is 0.256 e. The molecule has 0 aliphatic rings. The fourth-order valence-corrected chi connectivity index (χ4v) is 7.89. The SMILES string of the molecule is c1ccc(-c2ccc3ccc4ccc(-c5ccc(-c6ccc7ccc8c(-c9ccccc9)c9ccccc9nc8c7n6)c6ncccc56)nc4c3n2)cc1. The zero-order chi connectivity index (χ0) is 35.6. The minimum atomic E-state index is 0.844. The molecule has 6 aromatic carbocycles. The standard InChI is InChI=1S/C49H29N5/c1-3-10-30(11-4-1)40-26-20-32-17-18-33-21-27-42(52-46(33)45(32)51-40)35-24-25-38(48-36(35)15-9-29-50-48)43-28-22-34-19-23-39-44(31-12-5-2-6-13-31)37-14-7-8-16-41(37)54-49(39)47(34)53-43/h1-29H. The Morgan fingerprint density at radius 3 is 1.57 bits per heavy atom. The van der Waals surface area contributed by atoms with Crippen molar-refractivity contribution in [3.05, 3.63) is 176 Å². The summed E-state index contributed by atoms with van der Waals surface area (Å²) in [6.07, 6.45) is 1.85. The first-order valence-electron chi connectivity index (χ1n) is 18.1. The van der Waals surface area contributed by atoms with Gasteiger partial charge in [0.1, 0.15) is 0 Å². The van der Waals surface area contributed by atoms with Crippen molar-refractivity contribution in [3.8, 4) is 44.9 Å². The molecule has 11 rings (SSSR count). The summed E-state index contributed by atoms with van der Waals surface area (Å²) in [6.45, 7) is 0. The quantitative estimate of drug-likeness (QED) is 0.136. The molecule has 0 amide bonds. The summed E-state index contributed by atoms with van der Waals surface area (Å²) in [5.74, 6) is 0. The lowest BCUT2D eigenvalue weighted by molar-refractivity contribution is 1.35. The second kappa shape index (κ2) is 12.1. The monoisotopic (exact) mass is 687 g/mol. The molecule has 0 radical (unpaired) electrons. The second-order valence-corrected chi connectivity index (χ2v) is 13.6. The van der Waals surface area contributed by atoms with E-state index < -0.39 is 0 Å². The molecular formula is C49H29N5. The molecule has 0 aliphatic carbocycles. The summed E-state index contributed by atoms with van der Waals surface area (Å²) >= 11 is 0. The molecule has 0 N–H and O–H groups in total. The maximum absolute atomic E-state index is 5.35. The van der Waals surface area contributed by atoms with Crippen LogP contribution in [0.3, 0.4) is 0 Å². The van der Waals surface area contributed by atoms with Crippen LogP contribution < -0.4 is 0 Å². The van der Waals surface area contributed by atoms with Gasteiger partial charge in [-0.25, -0.2) is 19.9 Å². The summed E-state index contributed by atoms with van der Waals surface area (Å²) in [6, 6.07) is 58.9. The first-order valence-corrected chi connectivity index (χ1v) is 18.1. The van der Waals surface area contributed by atoms with Gasteiger partial charge >= 0.3 is 0 Å². The first kappa shape index (κ1) is 30.3. The zero-order valence-corrected chi connectivity index (χ0v) is 29.0.